The van der Waals surface area contributed by atoms with Crippen LogP contribution in [0.25, 0.3) is 10.8 Å². The first-order valence-corrected chi connectivity index (χ1v) is 10.4. The first-order valence-electron chi connectivity index (χ1n) is 10.4. The molecule has 0 heterocycles. The summed E-state index contributed by atoms with van der Waals surface area (Å²) in [5.41, 5.74) is 1.72. The van der Waals surface area contributed by atoms with Crippen LogP contribution in [0.15, 0.2) is 60.7 Å². The Labute approximate surface area is 167 Å². The molecular formula is C25H30FNO. The average Bonchev–Trinajstić information content (AvgIpc) is 2.73. The normalized spacial score (nSPS) is 11.1. The van der Waals surface area contributed by atoms with Crippen LogP contribution in [-0.2, 0) is 13.2 Å². The second-order valence-electron chi connectivity index (χ2n) is 7.23. The number of hydrogen-bond donors (Lipinski definition) is 1. The highest BCUT2D eigenvalue weighted by Gasteiger charge is 2.10. The summed E-state index contributed by atoms with van der Waals surface area (Å²) in [5.74, 6) is 0.593. The van der Waals surface area contributed by atoms with Gasteiger partial charge in [0.2, 0.25) is 0 Å². The molecule has 0 aliphatic rings. The van der Waals surface area contributed by atoms with Crippen molar-refractivity contribution in [3.63, 3.8) is 0 Å². The van der Waals surface area contributed by atoms with E-state index in [2.05, 4.69) is 36.5 Å². The van der Waals surface area contributed by atoms with Crippen LogP contribution in [0.5, 0.6) is 5.75 Å². The molecule has 0 unspecified atom stereocenters. The predicted octanol–water partition coefficient (Wildman–Crippen LogP) is 6.62. The van der Waals surface area contributed by atoms with Gasteiger partial charge in [0, 0.05) is 17.7 Å². The average molecular weight is 380 g/mol. The third-order valence-electron chi connectivity index (χ3n) is 5.10. The fourth-order valence-electron chi connectivity index (χ4n) is 3.47. The third kappa shape index (κ3) is 5.56. The van der Waals surface area contributed by atoms with Crippen molar-refractivity contribution in [3.05, 3.63) is 77.6 Å². The van der Waals surface area contributed by atoms with Gasteiger partial charge in [0.05, 0.1) is 0 Å². The summed E-state index contributed by atoms with van der Waals surface area (Å²) in [7, 11) is 0. The minimum atomic E-state index is -0.227. The molecule has 148 valence electrons. The molecule has 0 saturated carbocycles. The molecule has 0 fully saturated rings. The van der Waals surface area contributed by atoms with Gasteiger partial charge in [0.15, 0.2) is 0 Å². The molecule has 3 aromatic rings. The maximum atomic E-state index is 13.9. The lowest BCUT2D eigenvalue weighted by atomic mass is 10.0. The molecule has 28 heavy (non-hydrogen) atoms. The van der Waals surface area contributed by atoms with E-state index in [4.69, 9.17) is 4.74 Å². The fourth-order valence-corrected chi connectivity index (χ4v) is 3.47. The second-order valence-corrected chi connectivity index (χ2v) is 7.23. The van der Waals surface area contributed by atoms with E-state index in [-0.39, 0.29) is 12.4 Å². The van der Waals surface area contributed by atoms with Gasteiger partial charge < -0.3 is 10.1 Å². The highest BCUT2D eigenvalue weighted by Crippen LogP contribution is 2.29. The zero-order chi connectivity index (χ0) is 19.6. The van der Waals surface area contributed by atoms with Gasteiger partial charge in [-0.05, 0) is 35.9 Å². The minimum Gasteiger partial charge on any atom is -0.488 e. The lowest BCUT2D eigenvalue weighted by molar-refractivity contribution is 0.296. The van der Waals surface area contributed by atoms with E-state index < -0.39 is 0 Å². The van der Waals surface area contributed by atoms with E-state index in [1.807, 2.05) is 18.2 Å². The van der Waals surface area contributed by atoms with Gasteiger partial charge in [-0.2, -0.15) is 0 Å². The smallest absolute Gasteiger partial charge is 0.129 e. The van der Waals surface area contributed by atoms with Gasteiger partial charge in [0.1, 0.15) is 18.2 Å². The lowest BCUT2D eigenvalue weighted by Crippen LogP contribution is -2.16. The zero-order valence-electron chi connectivity index (χ0n) is 16.7. The van der Waals surface area contributed by atoms with Crippen molar-refractivity contribution in [1.82, 2.24) is 5.32 Å². The van der Waals surface area contributed by atoms with Gasteiger partial charge in [-0.1, -0.05) is 81.1 Å². The lowest BCUT2D eigenvalue weighted by Gasteiger charge is -2.15. The van der Waals surface area contributed by atoms with Crippen molar-refractivity contribution in [1.29, 1.82) is 0 Å². The SMILES string of the molecule is CCCCCCCNCc1c(OCc2ccccc2F)ccc2ccccc12. The number of fused-ring (bicyclic) bond motifs is 1. The molecule has 0 aliphatic carbocycles. The first-order chi connectivity index (χ1) is 13.8. The molecule has 0 atom stereocenters. The molecule has 3 rings (SSSR count). The highest BCUT2D eigenvalue weighted by atomic mass is 19.1. The van der Waals surface area contributed by atoms with Gasteiger partial charge in [0.25, 0.3) is 0 Å². The van der Waals surface area contributed by atoms with Crippen LogP contribution in [0.1, 0.15) is 50.2 Å². The van der Waals surface area contributed by atoms with Crippen molar-refractivity contribution >= 4 is 10.8 Å². The Kier molecular flexibility index (Phi) is 7.86. The summed E-state index contributed by atoms with van der Waals surface area (Å²) in [5, 5.41) is 5.95. The third-order valence-corrected chi connectivity index (χ3v) is 5.10. The van der Waals surface area contributed by atoms with Crippen LogP contribution in [0.2, 0.25) is 0 Å². The maximum absolute atomic E-state index is 13.9. The van der Waals surface area contributed by atoms with E-state index in [0.29, 0.717) is 5.56 Å². The van der Waals surface area contributed by atoms with E-state index in [1.165, 1.54) is 48.9 Å². The van der Waals surface area contributed by atoms with E-state index >= 15 is 0 Å². The van der Waals surface area contributed by atoms with E-state index in [1.54, 1.807) is 12.1 Å². The monoisotopic (exact) mass is 379 g/mol. The van der Waals surface area contributed by atoms with Gasteiger partial charge >= 0.3 is 0 Å². The largest absolute Gasteiger partial charge is 0.488 e. The number of nitrogens with one attached hydrogen (secondary N) is 1. The molecule has 3 aromatic carbocycles. The fraction of sp³-hybridized carbons (Fsp3) is 0.360. The Hall–Kier alpha value is -2.39. The Morgan fingerprint density at radius 3 is 2.50 bits per heavy atom. The zero-order valence-corrected chi connectivity index (χ0v) is 16.7. The van der Waals surface area contributed by atoms with Crippen LogP contribution in [0.4, 0.5) is 4.39 Å². The topological polar surface area (TPSA) is 21.3 Å². The molecule has 3 heteroatoms. The number of rotatable bonds is 11. The summed E-state index contributed by atoms with van der Waals surface area (Å²) >= 11 is 0. The number of halogens is 1. The molecule has 1 N–H and O–H groups in total. The first kappa shape index (κ1) is 20.3. The number of benzene rings is 3. The van der Waals surface area contributed by atoms with Crippen LogP contribution >= 0.6 is 0 Å². The molecule has 0 aliphatic heterocycles. The molecule has 0 amide bonds. The highest BCUT2D eigenvalue weighted by molar-refractivity contribution is 5.87. The number of hydrogen-bond acceptors (Lipinski definition) is 2. The predicted molar refractivity (Wildman–Crippen MR) is 115 cm³/mol. The Bertz CT molecular complexity index is 877. The number of unbranched alkanes of at least 4 members (excludes halogenated alkanes) is 4. The molecule has 0 bridgehead atoms. The summed E-state index contributed by atoms with van der Waals surface area (Å²) in [6.45, 7) is 4.22. The summed E-state index contributed by atoms with van der Waals surface area (Å²) in [6, 6.07) is 19.2. The van der Waals surface area contributed by atoms with Gasteiger partial charge in [-0.25, -0.2) is 4.39 Å². The van der Waals surface area contributed by atoms with Crippen molar-refractivity contribution in [2.75, 3.05) is 6.54 Å². The van der Waals surface area contributed by atoms with Gasteiger partial charge in [-0.3, -0.25) is 0 Å². The van der Waals surface area contributed by atoms with Crippen molar-refractivity contribution in [2.45, 2.75) is 52.2 Å². The molecule has 0 spiro atoms. The molecule has 2 nitrogen and oxygen atoms in total. The van der Waals surface area contributed by atoms with Crippen LogP contribution in [0.3, 0.4) is 0 Å². The molecule has 0 saturated heterocycles. The molecule has 0 aromatic heterocycles. The van der Waals surface area contributed by atoms with Crippen LogP contribution in [-0.4, -0.2) is 6.54 Å². The Morgan fingerprint density at radius 2 is 1.64 bits per heavy atom. The minimum absolute atomic E-state index is 0.227. The van der Waals surface area contributed by atoms with Gasteiger partial charge in [-0.15, -0.1) is 0 Å². The number of ether oxygens (including phenoxy) is 1. The van der Waals surface area contributed by atoms with Crippen molar-refractivity contribution in [2.24, 2.45) is 0 Å². The molecule has 0 radical (unpaired) electrons. The summed E-state index contributed by atoms with van der Waals surface area (Å²) in [4.78, 5) is 0. The second kappa shape index (κ2) is 10.8. The summed E-state index contributed by atoms with van der Waals surface area (Å²) in [6.07, 6.45) is 6.36. The summed E-state index contributed by atoms with van der Waals surface area (Å²) < 4.78 is 20.0. The Morgan fingerprint density at radius 1 is 0.857 bits per heavy atom. The maximum Gasteiger partial charge on any atom is 0.129 e. The van der Waals surface area contributed by atoms with E-state index in [0.717, 1.165) is 24.4 Å². The molecular weight excluding hydrogens is 349 g/mol. The van der Waals surface area contributed by atoms with Crippen molar-refractivity contribution in [3.8, 4) is 5.75 Å². The van der Waals surface area contributed by atoms with Crippen LogP contribution in [0, 0.1) is 5.82 Å². The Balaban J connectivity index is 1.69. The van der Waals surface area contributed by atoms with Crippen molar-refractivity contribution < 1.29 is 9.13 Å². The standard InChI is InChI=1S/C25H30FNO/c1-2-3-4-5-10-17-27-18-23-22-13-8-6-11-20(22)15-16-25(23)28-19-21-12-7-9-14-24(21)26/h6-9,11-16,27H,2-5,10,17-19H2,1H3. The van der Waals surface area contributed by atoms with E-state index in [9.17, 15) is 4.39 Å². The quantitative estimate of drug-likeness (QED) is 0.378. The van der Waals surface area contributed by atoms with Crippen LogP contribution < -0.4 is 10.1 Å².